The lowest BCUT2D eigenvalue weighted by Gasteiger charge is -2.16. The van der Waals surface area contributed by atoms with Crippen LogP contribution in [0.4, 0.5) is 0 Å². The highest BCUT2D eigenvalue weighted by Crippen LogP contribution is 2.27. The lowest BCUT2D eigenvalue weighted by Crippen LogP contribution is -2.35. The molecule has 2 rings (SSSR count). The second-order valence-corrected chi connectivity index (χ2v) is 5.61. The molecule has 1 aromatic heterocycles. The summed E-state index contributed by atoms with van der Waals surface area (Å²) in [5.41, 5.74) is 1.70. The SMILES string of the molecule is CCOc1cccc2c1[nH]c(=S)n2C(C)C(=O)NC(C)C. The van der Waals surface area contributed by atoms with Crippen molar-refractivity contribution < 1.29 is 9.53 Å². The van der Waals surface area contributed by atoms with Gasteiger partial charge in [-0.2, -0.15) is 0 Å². The van der Waals surface area contributed by atoms with Gasteiger partial charge in [0.15, 0.2) is 4.77 Å². The van der Waals surface area contributed by atoms with Crippen LogP contribution in [0.1, 0.15) is 33.7 Å². The van der Waals surface area contributed by atoms with E-state index >= 15 is 0 Å². The number of para-hydroxylation sites is 1. The normalized spacial score (nSPS) is 12.6. The molecule has 0 saturated heterocycles. The number of imidazole rings is 1. The minimum Gasteiger partial charge on any atom is -0.492 e. The third-order valence-electron chi connectivity index (χ3n) is 3.21. The number of benzene rings is 1. The van der Waals surface area contributed by atoms with Crippen molar-refractivity contribution in [3.63, 3.8) is 0 Å². The molecular formula is C15H21N3O2S. The highest BCUT2D eigenvalue weighted by atomic mass is 32.1. The quantitative estimate of drug-likeness (QED) is 0.834. The third-order valence-corrected chi connectivity index (χ3v) is 3.51. The van der Waals surface area contributed by atoms with Crippen molar-refractivity contribution in [1.82, 2.24) is 14.9 Å². The van der Waals surface area contributed by atoms with E-state index in [9.17, 15) is 4.79 Å². The summed E-state index contributed by atoms with van der Waals surface area (Å²) < 4.78 is 7.94. The highest BCUT2D eigenvalue weighted by molar-refractivity contribution is 7.71. The van der Waals surface area contributed by atoms with E-state index in [2.05, 4.69) is 10.3 Å². The Labute approximate surface area is 129 Å². The molecule has 0 radical (unpaired) electrons. The van der Waals surface area contributed by atoms with Gasteiger partial charge in [0.25, 0.3) is 0 Å². The van der Waals surface area contributed by atoms with Crippen LogP contribution < -0.4 is 10.1 Å². The Bertz CT molecular complexity index is 702. The number of hydrogen-bond acceptors (Lipinski definition) is 3. The molecule has 6 heteroatoms. The van der Waals surface area contributed by atoms with Crippen LogP contribution in [0.2, 0.25) is 0 Å². The summed E-state index contributed by atoms with van der Waals surface area (Å²) in [5, 5.41) is 2.91. The molecule has 1 unspecified atom stereocenters. The number of rotatable bonds is 5. The lowest BCUT2D eigenvalue weighted by atomic mass is 10.2. The monoisotopic (exact) mass is 307 g/mol. The zero-order valence-corrected chi connectivity index (χ0v) is 13.6. The first kappa shape index (κ1) is 15.6. The fourth-order valence-corrected chi connectivity index (χ4v) is 2.66. The molecule has 2 aromatic rings. The van der Waals surface area contributed by atoms with Crippen LogP contribution in [-0.4, -0.2) is 28.1 Å². The molecule has 1 atom stereocenters. The van der Waals surface area contributed by atoms with Crippen molar-refractivity contribution in [2.75, 3.05) is 6.61 Å². The average Bonchev–Trinajstić information content (AvgIpc) is 2.74. The van der Waals surface area contributed by atoms with Crippen molar-refractivity contribution in [2.45, 2.75) is 39.8 Å². The molecule has 2 N–H and O–H groups in total. The maximum Gasteiger partial charge on any atom is 0.243 e. The van der Waals surface area contributed by atoms with Crippen LogP contribution >= 0.6 is 12.2 Å². The second-order valence-electron chi connectivity index (χ2n) is 5.22. The Morgan fingerprint density at radius 3 is 2.76 bits per heavy atom. The van der Waals surface area contributed by atoms with Gasteiger partial charge in [0, 0.05) is 6.04 Å². The van der Waals surface area contributed by atoms with Gasteiger partial charge >= 0.3 is 0 Å². The Morgan fingerprint density at radius 2 is 2.14 bits per heavy atom. The first-order valence-corrected chi connectivity index (χ1v) is 7.53. The van der Waals surface area contributed by atoms with Gasteiger partial charge in [-0.25, -0.2) is 0 Å². The van der Waals surface area contributed by atoms with Gasteiger partial charge in [-0.1, -0.05) is 6.07 Å². The number of carbonyl (C=O) groups excluding carboxylic acids is 1. The van der Waals surface area contributed by atoms with Gasteiger partial charge < -0.3 is 19.6 Å². The predicted octanol–water partition coefficient (Wildman–Crippen LogP) is 3.18. The Hall–Kier alpha value is -1.82. The molecule has 1 aromatic carbocycles. The molecule has 1 heterocycles. The van der Waals surface area contributed by atoms with Crippen molar-refractivity contribution in [1.29, 1.82) is 0 Å². The Morgan fingerprint density at radius 1 is 1.43 bits per heavy atom. The van der Waals surface area contributed by atoms with Crippen molar-refractivity contribution >= 4 is 29.2 Å². The number of aromatic nitrogens is 2. The van der Waals surface area contributed by atoms with Gasteiger partial charge in [-0.3, -0.25) is 4.79 Å². The van der Waals surface area contributed by atoms with Crippen LogP contribution in [-0.2, 0) is 4.79 Å². The molecule has 0 saturated carbocycles. The average molecular weight is 307 g/mol. The number of aromatic amines is 1. The van der Waals surface area contributed by atoms with E-state index in [0.717, 1.165) is 16.8 Å². The van der Waals surface area contributed by atoms with E-state index in [1.54, 1.807) is 0 Å². The first-order valence-electron chi connectivity index (χ1n) is 7.12. The summed E-state index contributed by atoms with van der Waals surface area (Å²) >= 11 is 5.38. The van der Waals surface area contributed by atoms with Crippen LogP contribution in [0.15, 0.2) is 18.2 Å². The van der Waals surface area contributed by atoms with Crippen LogP contribution in [0.3, 0.4) is 0 Å². The van der Waals surface area contributed by atoms with E-state index < -0.39 is 0 Å². The second kappa shape index (κ2) is 6.30. The molecule has 0 bridgehead atoms. The molecule has 0 aliphatic heterocycles. The zero-order chi connectivity index (χ0) is 15.6. The summed E-state index contributed by atoms with van der Waals surface area (Å²) in [6.45, 7) is 8.23. The van der Waals surface area contributed by atoms with E-state index in [0.29, 0.717) is 11.4 Å². The van der Waals surface area contributed by atoms with E-state index in [-0.39, 0.29) is 18.0 Å². The first-order chi connectivity index (χ1) is 9.95. The number of hydrogen-bond donors (Lipinski definition) is 2. The van der Waals surface area contributed by atoms with E-state index in [1.807, 2.05) is 50.5 Å². The summed E-state index contributed by atoms with van der Waals surface area (Å²) in [4.78, 5) is 15.4. The smallest absolute Gasteiger partial charge is 0.243 e. The summed E-state index contributed by atoms with van der Waals surface area (Å²) in [5.74, 6) is 0.695. The fraction of sp³-hybridized carbons (Fsp3) is 0.467. The number of amides is 1. The predicted molar refractivity (Wildman–Crippen MR) is 86.3 cm³/mol. The molecule has 0 aliphatic rings. The molecule has 0 aliphatic carbocycles. The van der Waals surface area contributed by atoms with Crippen molar-refractivity contribution in [3.05, 3.63) is 23.0 Å². The molecular weight excluding hydrogens is 286 g/mol. The standard InChI is InChI=1S/C15H21N3O2S/c1-5-20-12-8-6-7-11-13(12)17-15(21)18(11)10(4)14(19)16-9(2)3/h6-10H,5H2,1-4H3,(H,16,19)(H,17,21). The zero-order valence-electron chi connectivity index (χ0n) is 12.8. The van der Waals surface area contributed by atoms with Gasteiger partial charge in [0.1, 0.15) is 17.3 Å². The van der Waals surface area contributed by atoms with Crippen LogP contribution in [0, 0.1) is 4.77 Å². The molecule has 21 heavy (non-hydrogen) atoms. The maximum absolute atomic E-state index is 12.2. The largest absolute Gasteiger partial charge is 0.492 e. The number of nitrogens with zero attached hydrogens (tertiary/aromatic N) is 1. The van der Waals surface area contributed by atoms with Crippen LogP contribution in [0.25, 0.3) is 11.0 Å². The molecule has 5 nitrogen and oxygen atoms in total. The number of H-pyrrole nitrogens is 1. The van der Waals surface area contributed by atoms with E-state index in [1.165, 1.54) is 0 Å². The molecule has 0 spiro atoms. The molecule has 1 amide bonds. The van der Waals surface area contributed by atoms with Gasteiger partial charge in [-0.15, -0.1) is 0 Å². The summed E-state index contributed by atoms with van der Waals surface area (Å²) in [6.07, 6.45) is 0. The lowest BCUT2D eigenvalue weighted by molar-refractivity contribution is -0.124. The fourth-order valence-electron chi connectivity index (χ4n) is 2.31. The maximum atomic E-state index is 12.2. The molecule has 114 valence electrons. The highest BCUT2D eigenvalue weighted by Gasteiger charge is 2.20. The van der Waals surface area contributed by atoms with Gasteiger partial charge in [0.05, 0.1) is 12.1 Å². The Balaban J connectivity index is 2.49. The van der Waals surface area contributed by atoms with Crippen molar-refractivity contribution in [2.24, 2.45) is 0 Å². The summed E-state index contributed by atoms with van der Waals surface area (Å²) in [6, 6.07) is 5.44. The van der Waals surface area contributed by atoms with Crippen molar-refractivity contribution in [3.8, 4) is 5.75 Å². The minimum atomic E-state index is -0.384. The number of ether oxygens (including phenoxy) is 1. The van der Waals surface area contributed by atoms with E-state index in [4.69, 9.17) is 17.0 Å². The van der Waals surface area contributed by atoms with Gasteiger partial charge in [-0.05, 0) is 52.0 Å². The Kier molecular flexibility index (Phi) is 4.67. The number of carbonyl (C=O) groups is 1. The number of nitrogens with one attached hydrogen (secondary N) is 2. The van der Waals surface area contributed by atoms with Crippen LogP contribution in [0.5, 0.6) is 5.75 Å². The third kappa shape index (κ3) is 3.10. The van der Waals surface area contributed by atoms with Gasteiger partial charge in [0.2, 0.25) is 5.91 Å². The molecule has 0 fully saturated rings. The minimum absolute atomic E-state index is 0.0520. The topological polar surface area (TPSA) is 59.0 Å². The summed E-state index contributed by atoms with van der Waals surface area (Å²) in [7, 11) is 0. The number of fused-ring (bicyclic) bond motifs is 1.